The highest BCUT2D eigenvalue weighted by Gasteiger charge is 2.27. The van der Waals surface area contributed by atoms with E-state index < -0.39 is 11.9 Å². The summed E-state index contributed by atoms with van der Waals surface area (Å²) in [4.78, 5) is 31.5. The molecule has 2 atom stereocenters. The van der Waals surface area contributed by atoms with Gasteiger partial charge >= 0.3 is 6.01 Å². The lowest BCUT2D eigenvalue weighted by molar-refractivity contribution is 0.0839. The molecule has 1 aliphatic rings. The number of fused-ring (bicyclic) bond motifs is 1. The number of rotatable bonds is 10. The quantitative estimate of drug-likeness (QED) is 0.385. The van der Waals surface area contributed by atoms with E-state index in [4.69, 9.17) is 14.2 Å². The number of nitrogens with zero attached hydrogens (tertiary/aromatic N) is 4. The summed E-state index contributed by atoms with van der Waals surface area (Å²) in [7, 11) is 3.27. The van der Waals surface area contributed by atoms with E-state index in [0.29, 0.717) is 18.3 Å². The number of hydrogen-bond donors (Lipinski definition) is 3. The third kappa shape index (κ3) is 5.68. The highest BCUT2D eigenvalue weighted by molar-refractivity contribution is 5.93. The van der Waals surface area contributed by atoms with Crippen molar-refractivity contribution in [3.05, 3.63) is 35.8 Å². The molecule has 11 nitrogen and oxygen atoms in total. The number of pyridine rings is 1. The van der Waals surface area contributed by atoms with Gasteiger partial charge in [-0.05, 0) is 44.2 Å². The number of aliphatic hydroxyl groups excluding tert-OH is 1. The van der Waals surface area contributed by atoms with Crippen molar-refractivity contribution in [1.29, 1.82) is 0 Å². The number of carbonyl (C=O) groups is 1. The Kier molecular flexibility index (Phi) is 8.21. The molecular weight excluding hydrogens is 464 g/mol. The van der Waals surface area contributed by atoms with Gasteiger partial charge in [0.2, 0.25) is 0 Å². The molecule has 3 aromatic heterocycles. The fourth-order valence-electron chi connectivity index (χ4n) is 4.50. The molecule has 3 aromatic rings. The Morgan fingerprint density at radius 1 is 1.28 bits per heavy atom. The Balaban J connectivity index is 1.54. The largest absolute Gasteiger partial charge is 0.496 e. The molecule has 0 spiro atoms. The number of H-pyrrole nitrogens is 1. The Morgan fingerprint density at radius 3 is 2.75 bits per heavy atom. The summed E-state index contributed by atoms with van der Waals surface area (Å²) in [6.45, 7) is 5.27. The van der Waals surface area contributed by atoms with Crippen LogP contribution >= 0.6 is 0 Å². The first kappa shape index (κ1) is 25.6. The number of aliphatic hydroxyl groups is 1. The predicted molar refractivity (Wildman–Crippen MR) is 135 cm³/mol. The van der Waals surface area contributed by atoms with Gasteiger partial charge in [0, 0.05) is 44.7 Å². The topological polar surface area (TPSA) is 135 Å². The van der Waals surface area contributed by atoms with Gasteiger partial charge in [0.05, 0.1) is 25.7 Å². The van der Waals surface area contributed by atoms with Crippen LogP contribution < -0.4 is 19.7 Å². The first-order valence-corrected chi connectivity index (χ1v) is 12.1. The minimum atomic E-state index is -0.397. The molecule has 1 saturated heterocycles. The maximum Gasteiger partial charge on any atom is 0.319 e. The molecule has 1 aliphatic heterocycles. The number of carbonyl (C=O) groups excluding carboxylic acids is 1. The molecule has 36 heavy (non-hydrogen) atoms. The average Bonchev–Trinajstić information content (AvgIpc) is 3.33. The SMILES string of the molecule is COC[C@H](C)Oc1nc(C(=O)N[C@H](C)CO)cc(N2CCC(c3c[nH]c4nccc(OC)c34)CC2)n1. The summed E-state index contributed by atoms with van der Waals surface area (Å²) in [6.07, 6.45) is 5.28. The van der Waals surface area contributed by atoms with Crippen LogP contribution in [0.1, 0.15) is 48.7 Å². The predicted octanol–water partition coefficient (Wildman–Crippen LogP) is 2.27. The van der Waals surface area contributed by atoms with Crippen molar-refractivity contribution in [1.82, 2.24) is 25.3 Å². The van der Waals surface area contributed by atoms with E-state index >= 15 is 0 Å². The molecule has 0 saturated carbocycles. The van der Waals surface area contributed by atoms with E-state index in [-0.39, 0.29) is 24.4 Å². The summed E-state index contributed by atoms with van der Waals surface area (Å²) in [5.74, 6) is 1.38. The van der Waals surface area contributed by atoms with E-state index in [9.17, 15) is 9.90 Å². The molecule has 4 heterocycles. The monoisotopic (exact) mass is 498 g/mol. The number of aromatic amines is 1. The van der Waals surface area contributed by atoms with Crippen molar-refractivity contribution in [2.24, 2.45) is 0 Å². The molecule has 1 amide bonds. The van der Waals surface area contributed by atoms with Crippen LogP contribution in [0.25, 0.3) is 11.0 Å². The van der Waals surface area contributed by atoms with Crippen molar-refractivity contribution in [2.75, 3.05) is 45.4 Å². The van der Waals surface area contributed by atoms with Gasteiger partial charge in [0.1, 0.15) is 29.0 Å². The van der Waals surface area contributed by atoms with E-state index in [0.717, 1.165) is 42.7 Å². The molecule has 0 unspecified atom stereocenters. The number of hydrogen-bond acceptors (Lipinski definition) is 9. The molecule has 194 valence electrons. The van der Waals surface area contributed by atoms with Gasteiger partial charge in [-0.3, -0.25) is 4.79 Å². The number of amides is 1. The lowest BCUT2D eigenvalue weighted by Crippen LogP contribution is -2.37. The molecule has 1 fully saturated rings. The summed E-state index contributed by atoms with van der Waals surface area (Å²) in [5, 5.41) is 13.1. The lowest BCUT2D eigenvalue weighted by Gasteiger charge is -2.33. The second-order valence-corrected chi connectivity index (χ2v) is 9.08. The van der Waals surface area contributed by atoms with Gasteiger partial charge in [-0.1, -0.05) is 0 Å². The van der Waals surface area contributed by atoms with Crippen LogP contribution in [0.2, 0.25) is 0 Å². The second-order valence-electron chi connectivity index (χ2n) is 9.08. The lowest BCUT2D eigenvalue weighted by atomic mass is 9.89. The van der Waals surface area contributed by atoms with E-state index in [1.54, 1.807) is 33.4 Å². The average molecular weight is 499 g/mol. The summed E-state index contributed by atoms with van der Waals surface area (Å²) < 4.78 is 16.6. The molecule has 4 rings (SSSR count). The number of aromatic nitrogens is 4. The van der Waals surface area contributed by atoms with Crippen molar-refractivity contribution >= 4 is 22.8 Å². The zero-order chi connectivity index (χ0) is 25.7. The summed E-state index contributed by atoms with van der Waals surface area (Å²) in [6, 6.07) is 3.28. The summed E-state index contributed by atoms with van der Waals surface area (Å²) >= 11 is 0. The van der Waals surface area contributed by atoms with Gasteiger partial charge in [-0.15, -0.1) is 0 Å². The highest BCUT2D eigenvalue weighted by Crippen LogP contribution is 2.37. The maximum absolute atomic E-state index is 12.8. The van der Waals surface area contributed by atoms with Crippen LogP contribution in [-0.4, -0.2) is 83.6 Å². The van der Waals surface area contributed by atoms with Crippen LogP contribution in [-0.2, 0) is 4.74 Å². The number of nitrogens with one attached hydrogen (secondary N) is 2. The first-order valence-electron chi connectivity index (χ1n) is 12.1. The molecular formula is C25H34N6O5. The third-order valence-corrected chi connectivity index (χ3v) is 6.33. The zero-order valence-electron chi connectivity index (χ0n) is 21.2. The number of anilines is 1. The van der Waals surface area contributed by atoms with Gasteiger partial charge in [0.15, 0.2) is 0 Å². The van der Waals surface area contributed by atoms with Crippen molar-refractivity contribution < 1.29 is 24.1 Å². The molecule has 0 aliphatic carbocycles. The summed E-state index contributed by atoms with van der Waals surface area (Å²) in [5.41, 5.74) is 2.21. The Hall–Kier alpha value is -3.44. The first-order chi connectivity index (χ1) is 17.4. The van der Waals surface area contributed by atoms with Crippen LogP contribution in [0, 0.1) is 0 Å². The molecule has 0 aromatic carbocycles. The molecule has 0 radical (unpaired) electrons. The number of ether oxygens (including phenoxy) is 3. The normalized spacial score (nSPS) is 16.1. The van der Waals surface area contributed by atoms with Gasteiger partial charge < -0.3 is 34.5 Å². The standard InChI is InChI=1S/C25H34N6O5/c1-15(13-32)28-24(33)19-11-21(30-25(29-19)36-16(2)14-34-3)31-9-6-17(7-10-31)18-12-27-23-22(18)20(35-4)5-8-26-23/h5,8,11-12,15-17,32H,6-7,9-10,13-14H2,1-4H3,(H,26,27)(H,28,33)/t15-,16+/m1/s1. The second kappa shape index (κ2) is 11.5. The van der Waals surface area contributed by atoms with Crippen molar-refractivity contribution in [3.63, 3.8) is 0 Å². The van der Waals surface area contributed by atoms with Crippen LogP contribution in [0.4, 0.5) is 5.82 Å². The van der Waals surface area contributed by atoms with Crippen molar-refractivity contribution in [3.8, 4) is 11.8 Å². The molecule has 3 N–H and O–H groups in total. The van der Waals surface area contributed by atoms with E-state index in [2.05, 4.69) is 30.2 Å². The van der Waals surface area contributed by atoms with E-state index in [1.807, 2.05) is 19.2 Å². The van der Waals surface area contributed by atoms with Gasteiger partial charge in [0.25, 0.3) is 5.91 Å². The van der Waals surface area contributed by atoms with Gasteiger partial charge in [-0.2, -0.15) is 9.97 Å². The smallest absolute Gasteiger partial charge is 0.319 e. The van der Waals surface area contributed by atoms with Gasteiger partial charge in [-0.25, -0.2) is 4.98 Å². The Bertz CT molecular complexity index is 1180. The van der Waals surface area contributed by atoms with Crippen molar-refractivity contribution in [2.45, 2.75) is 44.8 Å². The Morgan fingerprint density at radius 2 is 2.06 bits per heavy atom. The Labute approximate surface area is 210 Å². The van der Waals surface area contributed by atoms with Crippen LogP contribution in [0.5, 0.6) is 11.8 Å². The minimum absolute atomic E-state index is 0.119. The highest BCUT2D eigenvalue weighted by atomic mass is 16.5. The third-order valence-electron chi connectivity index (χ3n) is 6.33. The van der Waals surface area contributed by atoms with Crippen LogP contribution in [0.15, 0.2) is 24.5 Å². The van der Waals surface area contributed by atoms with E-state index in [1.165, 1.54) is 5.56 Å². The molecule has 0 bridgehead atoms. The fourth-order valence-corrected chi connectivity index (χ4v) is 4.50. The minimum Gasteiger partial charge on any atom is -0.496 e. The fraction of sp³-hybridized carbons (Fsp3) is 0.520. The zero-order valence-corrected chi connectivity index (χ0v) is 21.2. The maximum atomic E-state index is 12.8. The number of piperidine rings is 1. The molecule has 11 heteroatoms. The van der Waals surface area contributed by atoms with Crippen LogP contribution in [0.3, 0.4) is 0 Å². The number of methoxy groups -OCH3 is 2.